The Morgan fingerprint density at radius 2 is 1.18 bits per heavy atom. The molecule has 3 rings (SSSR count). The average molecular weight is 286 g/mol. The van der Waals surface area contributed by atoms with Crippen molar-refractivity contribution in [2.24, 2.45) is 0 Å². The Kier molecular flexibility index (Phi) is 4.47. The minimum Gasteiger partial charge on any atom is -0.384 e. The molecule has 1 nitrogen and oxygen atoms in total. The molecule has 108 valence electrons. The fourth-order valence-corrected chi connectivity index (χ4v) is 2.49. The van der Waals surface area contributed by atoms with Gasteiger partial charge < -0.3 is 5.11 Å². The smallest absolute Gasteiger partial charge is 0.105 e. The molecule has 0 spiro atoms. The van der Waals surface area contributed by atoms with Gasteiger partial charge in [-0.05, 0) is 28.3 Å². The van der Waals surface area contributed by atoms with E-state index >= 15 is 0 Å². The Balaban J connectivity index is 2.06. The van der Waals surface area contributed by atoms with Crippen molar-refractivity contribution in [3.05, 3.63) is 108 Å². The first kappa shape index (κ1) is 14.3. The summed E-state index contributed by atoms with van der Waals surface area (Å²) in [6.07, 6.45) is 1.40. The fraction of sp³-hybridized carbons (Fsp3) is 0.0476. The van der Waals surface area contributed by atoms with Crippen molar-refractivity contribution in [1.82, 2.24) is 0 Å². The van der Waals surface area contributed by atoms with E-state index in [0.29, 0.717) is 0 Å². The topological polar surface area (TPSA) is 20.2 Å². The van der Waals surface area contributed by atoms with Crippen LogP contribution in [0.4, 0.5) is 0 Å². The quantitative estimate of drug-likeness (QED) is 0.672. The van der Waals surface area contributed by atoms with Crippen LogP contribution in [0.2, 0.25) is 0 Å². The molecule has 1 atom stereocenters. The predicted octanol–water partition coefficient (Wildman–Crippen LogP) is 4.96. The average Bonchev–Trinajstić information content (AvgIpc) is 2.61. The molecule has 0 heterocycles. The highest BCUT2D eigenvalue weighted by molar-refractivity contribution is 5.84. The highest BCUT2D eigenvalue weighted by Crippen LogP contribution is 2.31. The first-order valence-electron chi connectivity index (χ1n) is 7.39. The Morgan fingerprint density at radius 1 is 0.682 bits per heavy atom. The van der Waals surface area contributed by atoms with Crippen molar-refractivity contribution in [3.8, 4) is 0 Å². The van der Waals surface area contributed by atoms with Crippen LogP contribution in [0, 0.1) is 0 Å². The van der Waals surface area contributed by atoms with E-state index in [-0.39, 0.29) is 0 Å². The molecule has 0 aliphatic rings. The lowest BCUT2D eigenvalue weighted by molar-refractivity contribution is 0.239. The summed E-state index contributed by atoms with van der Waals surface area (Å²) in [4.78, 5) is 0. The molecule has 1 heteroatoms. The van der Waals surface area contributed by atoms with Crippen LogP contribution in [0.25, 0.3) is 11.6 Å². The van der Waals surface area contributed by atoms with Gasteiger partial charge in [-0.3, -0.25) is 0 Å². The summed E-state index contributed by atoms with van der Waals surface area (Å²) < 4.78 is 0. The maximum atomic E-state index is 10.8. The van der Waals surface area contributed by atoms with E-state index in [4.69, 9.17) is 0 Å². The number of benzene rings is 3. The van der Waals surface area contributed by atoms with Gasteiger partial charge >= 0.3 is 0 Å². The second-order valence-corrected chi connectivity index (χ2v) is 5.19. The third kappa shape index (κ3) is 3.33. The first-order chi connectivity index (χ1) is 10.8. The van der Waals surface area contributed by atoms with E-state index in [2.05, 4.69) is 0 Å². The van der Waals surface area contributed by atoms with Gasteiger partial charge in [0.1, 0.15) is 6.10 Å². The molecular formula is C21H18O. The fourth-order valence-electron chi connectivity index (χ4n) is 2.49. The SMILES string of the molecule is O[C@@H](/C(=C/c1ccccc1)c1ccccc1)c1ccccc1. The van der Waals surface area contributed by atoms with Crippen molar-refractivity contribution in [2.45, 2.75) is 6.10 Å². The largest absolute Gasteiger partial charge is 0.384 e. The van der Waals surface area contributed by atoms with Crippen LogP contribution in [0.15, 0.2) is 91.0 Å². The van der Waals surface area contributed by atoms with Gasteiger partial charge in [-0.2, -0.15) is 0 Å². The zero-order valence-corrected chi connectivity index (χ0v) is 12.3. The number of aliphatic hydroxyl groups is 1. The summed E-state index contributed by atoms with van der Waals surface area (Å²) in [6.45, 7) is 0. The molecule has 3 aromatic carbocycles. The predicted molar refractivity (Wildman–Crippen MR) is 92.2 cm³/mol. The Hall–Kier alpha value is -2.64. The van der Waals surface area contributed by atoms with Crippen molar-refractivity contribution in [2.75, 3.05) is 0 Å². The summed E-state index contributed by atoms with van der Waals surface area (Å²) in [5.74, 6) is 0. The minimum absolute atomic E-state index is 0.649. The maximum absolute atomic E-state index is 10.8. The lowest BCUT2D eigenvalue weighted by atomic mass is 9.93. The molecule has 0 saturated heterocycles. The summed E-state index contributed by atoms with van der Waals surface area (Å²) in [5, 5.41) is 10.8. The van der Waals surface area contributed by atoms with Gasteiger partial charge in [0.25, 0.3) is 0 Å². The summed E-state index contributed by atoms with van der Waals surface area (Å²) in [6, 6.07) is 29.9. The highest BCUT2D eigenvalue weighted by Gasteiger charge is 2.15. The van der Waals surface area contributed by atoms with Crippen LogP contribution in [0.3, 0.4) is 0 Å². The monoisotopic (exact) mass is 286 g/mol. The van der Waals surface area contributed by atoms with E-state index in [1.54, 1.807) is 0 Å². The zero-order valence-electron chi connectivity index (χ0n) is 12.3. The highest BCUT2D eigenvalue weighted by atomic mass is 16.3. The maximum Gasteiger partial charge on any atom is 0.105 e. The minimum atomic E-state index is -0.649. The van der Waals surface area contributed by atoms with Gasteiger partial charge in [-0.1, -0.05) is 91.0 Å². The van der Waals surface area contributed by atoms with Gasteiger partial charge in [-0.15, -0.1) is 0 Å². The van der Waals surface area contributed by atoms with Gasteiger partial charge in [0, 0.05) is 0 Å². The van der Waals surface area contributed by atoms with Crippen LogP contribution in [-0.2, 0) is 0 Å². The number of hydrogen-bond acceptors (Lipinski definition) is 1. The lowest BCUT2D eigenvalue weighted by Crippen LogP contribution is -2.01. The van der Waals surface area contributed by atoms with Crippen molar-refractivity contribution in [1.29, 1.82) is 0 Å². The van der Waals surface area contributed by atoms with Gasteiger partial charge in [0.2, 0.25) is 0 Å². The van der Waals surface area contributed by atoms with Crippen molar-refractivity contribution >= 4 is 11.6 Å². The zero-order chi connectivity index (χ0) is 15.2. The van der Waals surface area contributed by atoms with E-state index in [0.717, 1.165) is 22.3 Å². The molecule has 0 amide bonds. The molecule has 22 heavy (non-hydrogen) atoms. The summed E-state index contributed by atoms with van der Waals surface area (Å²) >= 11 is 0. The van der Waals surface area contributed by atoms with E-state index in [1.807, 2.05) is 97.1 Å². The molecule has 1 N–H and O–H groups in total. The second kappa shape index (κ2) is 6.88. The van der Waals surface area contributed by atoms with Gasteiger partial charge in [0.15, 0.2) is 0 Å². The Labute approximate surface area is 131 Å². The molecular weight excluding hydrogens is 268 g/mol. The van der Waals surface area contributed by atoms with E-state index < -0.39 is 6.10 Å². The number of rotatable bonds is 4. The number of aliphatic hydroxyl groups excluding tert-OH is 1. The second-order valence-electron chi connectivity index (χ2n) is 5.19. The Morgan fingerprint density at radius 3 is 1.77 bits per heavy atom. The normalized spacial score (nSPS) is 12.9. The molecule has 0 radical (unpaired) electrons. The molecule has 0 unspecified atom stereocenters. The summed E-state index contributed by atoms with van der Waals surface area (Å²) in [7, 11) is 0. The van der Waals surface area contributed by atoms with Gasteiger partial charge in [0.05, 0.1) is 0 Å². The molecule has 0 fully saturated rings. The molecule has 0 aliphatic carbocycles. The van der Waals surface area contributed by atoms with Crippen molar-refractivity contribution in [3.63, 3.8) is 0 Å². The summed E-state index contributed by atoms with van der Waals surface area (Å²) in [5.41, 5.74) is 3.91. The van der Waals surface area contributed by atoms with Crippen LogP contribution in [0.5, 0.6) is 0 Å². The third-order valence-electron chi connectivity index (χ3n) is 3.64. The van der Waals surface area contributed by atoms with E-state index in [9.17, 15) is 5.11 Å². The third-order valence-corrected chi connectivity index (χ3v) is 3.64. The molecule has 0 aliphatic heterocycles. The van der Waals surface area contributed by atoms with Crippen LogP contribution in [0.1, 0.15) is 22.8 Å². The van der Waals surface area contributed by atoms with Crippen LogP contribution in [-0.4, -0.2) is 5.11 Å². The molecule has 3 aromatic rings. The molecule has 0 aromatic heterocycles. The lowest BCUT2D eigenvalue weighted by Gasteiger charge is -2.16. The van der Waals surface area contributed by atoms with Gasteiger partial charge in [-0.25, -0.2) is 0 Å². The standard InChI is InChI=1S/C21H18O/c22-21(19-14-8-3-9-15-19)20(18-12-6-2-7-13-18)16-17-10-4-1-5-11-17/h1-16,21-22H/b20-16+/t21-/m1/s1. The van der Waals surface area contributed by atoms with Crippen LogP contribution < -0.4 is 0 Å². The van der Waals surface area contributed by atoms with Crippen molar-refractivity contribution < 1.29 is 5.11 Å². The molecule has 0 bridgehead atoms. The Bertz CT molecular complexity index is 731. The van der Waals surface area contributed by atoms with E-state index in [1.165, 1.54) is 0 Å². The number of hydrogen-bond donors (Lipinski definition) is 1. The first-order valence-corrected chi connectivity index (χ1v) is 7.39. The molecule has 0 saturated carbocycles. The van der Waals surface area contributed by atoms with Crippen LogP contribution >= 0.6 is 0 Å².